The quantitative estimate of drug-likeness (QED) is 0.344. The summed E-state index contributed by atoms with van der Waals surface area (Å²) in [6.07, 6.45) is 0. The fourth-order valence-corrected chi connectivity index (χ4v) is 4.78. The van der Waals surface area contributed by atoms with E-state index in [1.54, 1.807) is 4.90 Å². The highest BCUT2D eigenvalue weighted by Crippen LogP contribution is 2.40. The second-order valence-corrected chi connectivity index (χ2v) is 9.42. The number of carbonyl (C=O) groups is 1. The zero-order valence-electron chi connectivity index (χ0n) is 18.1. The van der Waals surface area contributed by atoms with Gasteiger partial charge in [0.15, 0.2) is 5.43 Å². The lowest BCUT2D eigenvalue weighted by molar-refractivity contribution is 0.0714. The number of benzene rings is 3. The Morgan fingerprint density at radius 1 is 0.906 bits per heavy atom. The molecular weight excluding hydrogens is 466 g/mol. The van der Waals surface area contributed by atoms with E-state index < -0.39 is 6.04 Å². The van der Waals surface area contributed by atoms with Crippen molar-refractivity contribution in [2.24, 2.45) is 0 Å². The summed E-state index contributed by atoms with van der Waals surface area (Å²) in [4.78, 5) is 29.0. The van der Waals surface area contributed by atoms with Crippen molar-refractivity contribution in [1.29, 1.82) is 0 Å². The minimum absolute atomic E-state index is 0.138. The van der Waals surface area contributed by atoms with E-state index in [1.165, 1.54) is 0 Å². The van der Waals surface area contributed by atoms with Crippen LogP contribution in [0.3, 0.4) is 0 Å². The van der Waals surface area contributed by atoms with Gasteiger partial charge < -0.3 is 9.32 Å². The summed E-state index contributed by atoms with van der Waals surface area (Å²) in [5.74, 6) is -0.109. The van der Waals surface area contributed by atoms with E-state index in [1.807, 2.05) is 81.4 Å². The Bertz CT molecular complexity index is 1420. The zero-order valence-corrected chi connectivity index (χ0v) is 19.7. The molecule has 1 amide bonds. The van der Waals surface area contributed by atoms with E-state index in [4.69, 9.17) is 4.42 Å². The summed E-state index contributed by atoms with van der Waals surface area (Å²) >= 11 is 3.48. The molecule has 160 valence electrons. The monoisotopic (exact) mass is 487 g/mol. The third-order valence-electron chi connectivity index (χ3n) is 6.06. The Balaban J connectivity index is 1.74. The van der Waals surface area contributed by atoms with E-state index in [2.05, 4.69) is 15.9 Å². The van der Waals surface area contributed by atoms with Crippen LogP contribution in [0.15, 0.2) is 74.3 Å². The number of hydrogen-bond donors (Lipinski definition) is 0. The molecule has 1 aromatic heterocycles. The highest BCUT2D eigenvalue weighted by molar-refractivity contribution is 9.10. The second kappa shape index (κ2) is 7.75. The lowest BCUT2D eigenvalue weighted by Gasteiger charge is -2.25. The predicted octanol–water partition coefficient (Wildman–Crippen LogP) is 6.23. The summed E-state index contributed by atoms with van der Waals surface area (Å²) < 4.78 is 7.08. The molecule has 0 N–H and O–H groups in total. The molecule has 0 saturated carbocycles. The molecule has 1 aliphatic heterocycles. The third kappa shape index (κ3) is 3.37. The number of hydrogen-bond acceptors (Lipinski definition) is 3. The van der Waals surface area contributed by atoms with Gasteiger partial charge in [0, 0.05) is 11.0 Å². The first-order valence-electron chi connectivity index (χ1n) is 10.5. The highest BCUT2D eigenvalue weighted by Gasteiger charge is 2.42. The van der Waals surface area contributed by atoms with Gasteiger partial charge in [0.2, 0.25) is 5.76 Å². The van der Waals surface area contributed by atoms with E-state index in [-0.39, 0.29) is 17.1 Å². The molecule has 0 aliphatic carbocycles. The summed E-state index contributed by atoms with van der Waals surface area (Å²) in [6, 6.07) is 19.2. The van der Waals surface area contributed by atoms with Crippen molar-refractivity contribution < 1.29 is 9.21 Å². The number of carbonyl (C=O) groups excluding carboxylic acids is 1. The van der Waals surface area contributed by atoms with E-state index in [0.29, 0.717) is 23.1 Å². The van der Waals surface area contributed by atoms with Crippen molar-refractivity contribution in [2.75, 3.05) is 0 Å². The Kier molecular flexibility index (Phi) is 5.01. The van der Waals surface area contributed by atoms with Crippen LogP contribution >= 0.6 is 15.9 Å². The minimum Gasteiger partial charge on any atom is -0.450 e. The standard InChI is InChI=1S/C27H22BrNO3/c1-15-4-6-18(7-5-15)14-29-23(19-8-10-20(28)11-9-19)22-24(30)21-13-16(2)12-17(3)25(21)32-26(22)27(29)31/h4-13,23H,14H2,1-3H3. The lowest BCUT2D eigenvalue weighted by Crippen LogP contribution is -2.29. The molecule has 5 heteroatoms. The molecule has 2 heterocycles. The zero-order chi connectivity index (χ0) is 22.6. The Labute approximate surface area is 194 Å². The molecular formula is C27H22BrNO3. The number of amides is 1. The van der Waals surface area contributed by atoms with Crippen molar-refractivity contribution >= 4 is 32.8 Å². The largest absolute Gasteiger partial charge is 0.450 e. The van der Waals surface area contributed by atoms with Gasteiger partial charge in [-0.3, -0.25) is 9.59 Å². The molecule has 1 atom stereocenters. The minimum atomic E-state index is -0.506. The first kappa shape index (κ1) is 20.7. The maximum absolute atomic E-state index is 13.7. The van der Waals surface area contributed by atoms with Crippen molar-refractivity contribution in [1.82, 2.24) is 4.90 Å². The van der Waals surface area contributed by atoms with Gasteiger partial charge in [-0.25, -0.2) is 0 Å². The van der Waals surface area contributed by atoms with Crippen LogP contribution in [0, 0.1) is 20.8 Å². The SMILES string of the molecule is Cc1ccc(CN2C(=O)c3oc4c(C)cc(C)cc4c(=O)c3C2c2ccc(Br)cc2)cc1. The van der Waals surface area contributed by atoms with Crippen molar-refractivity contribution in [3.63, 3.8) is 0 Å². The molecule has 3 aromatic carbocycles. The highest BCUT2D eigenvalue weighted by atomic mass is 79.9. The van der Waals surface area contributed by atoms with Gasteiger partial charge in [-0.15, -0.1) is 0 Å². The molecule has 0 radical (unpaired) electrons. The smallest absolute Gasteiger partial charge is 0.291 e. The third-order valence-corrected chi connectivity index (χ3v) is 6.59. The average Bonchev–Trinajstić information content (AvgIpc) is 3.03. The van der Waals surface area contributed by atoms with E-state index in [0.717, 1.165) is 32.3 Å². The average molecular weight is 488 g/mol. The van der Waals surface area contributed by atoms with Crippen LogP contribution in [-0.4, -0.2) is 10.8 Å². The normalized spacial score (nSPS) is 15.4. The van der Waals surface area contributed by atoms with Crippen LogP contribution in [0.25, 0.3) is 11.0 Å². The van der Waals surface area contributed by atoms with Crippen molar-refractivity contribution in [3.05, 3.63) is 115 Å². The Hall–Kier alpha value is -3.18. The van der Waals surface area contributed by atoms with Crippen molar-refractivity contribution in [2.45, 2.75) is 33.4 Å². The number of halogens is 1. The van der Waals surface area contributed by atoms with Crippen LogP contribution in [-0.2, 0) is 6.54 Å². The van der Waals surface area contributed by atoms with Gasteiger partial charge in [-0.1, -0.05) is 64.0 Å². The lowest BCUT2D eigenvalue weighted by atomic mass is 9.97. The molecule has 32 heavy (non-hydrogen) atoms. The van der Waals surface area contributed by atoms with Crippen LogP contribution in [0.4, 0.5) is 0 Å². The molecule has 5 rings (SSSR count). The molecule has 1 aliphatic rings. The summed E-state index contributed by atoms with van der Waals surface area (Å²) in [6.45, 7) is 6.28. The first-order chi connectivity index (χ1) is 15.3. The predicted molar refractivity (Wildman–Crippen MR) is 129 cm³/mol. The molecule has 0 spiro atoms. The topological polar surface area (TPSA) is 50.5 Å². The number of rotatable bonds is 3. The van der Waals surface area contributed by atoms with Gasteiger partial charge in [0.05, 0.1) is 17.0 Å². The van der Waals surface area contributed by atoms with Crippen LogP contribution in [0.2, 0.25) is 0 Å². The van der Waals surface area contributed by atoms with Crippen LogP contribution in [0.1, 0.15) is 50.0 Å². The molecule has 0 bridgehead atoms. The second-order valence-electron chi connectivity index (χ2n) is 8.51. The maximum Gasteiger partial charge on any atom is 0.291 e. The van der Waals surface area contributed by atoms with Crippen LogP contribution < -0.4 is 5.43 Å². The number of aryl methyl sites for hydroxylation is 3. The van der Waals surface area contributed by atoms with Gasteiger partial charge in [-0.2, -0.15) is 0 Å². The fourth-order valence-electron chi connectivity index (χ4n) is 4.52. The van der Waals surface area contributed by atoms with Gasteiger partial charge in [-0.05, 0) is 61.2 Å². The molecule has 4 nitrogen and oxygen atoms in total. The number of nitrogens with zero attached hydrogens (tertiary/aromatic N) is 1. The molecule has 0 fully saturated rings. The fraction of sp³-hybridized carbons (Fsp3) is 0.185. The van der Waals surface area contributed by atoms with Crippen LogP contribution in [0.5, 0.6) is 0 Å². The summed E-state index contributed by atoms with van der Waals surface area (Å²) in [5, 5.41) is 0.522. The number of fused-ring (bicyclic) bond motifs is 2. The summed E-state index contributed by atoms with van der Waals surface area (Å²) in [7, 11) is 0. The van der Waals surface area contributed by atoms with E-state index >= 15 is 0 Å². The van der Waals surface area contributed by atoms with Crippen molar-refractivity contribution in [3.8, 4) is 0 Å². The first-order valence-corrected chi connectivity index (χ1v) is 11.3. The molecule has 4 aromatic rings. The Morgan fingerprint density at radius 2 is 1.59 bits per heavy atom. The maximum atomic E-state index is 13.7. The molecule has 1 unspecified atom stereocenters. The summed E-state index contributed by atoms with van der Waals surface area (Å²) in [5.41, 5.74) is 5.64. The Morgan fingerprint density at radius 3 is 2.28 bits per heavy atom. The van der Waals surface area contributed by atoms with Gasteiger partial charge in [0.25, 0.3) is 5.91 Å². The van der Waals surface area contributed by atoms with Gasteiger partial charge in [0.1, 0.15) is 5.58 Å². The molecule has 0 saturated heterocycles. The van der Waals surface area contributed by atoms with Gasteiger partial charge >= 0.3 is 0 Å². The van der Waals surface area contributed by atoms with E-state index in [9.17, 15) is 9.59 Å².